The summed E-state index contributed by atoms with van der Waals surface area (Å²) in [6.45, 7) is 5.16. The highest BCUT2D eigenvalue weighted by atomic mass is 15.1. The first-order valence-corrected chi connectivity index (χ1v) is 7.41. The molecule has 0 spiro atoms. The topological polar surface area (TPSA) is 32.5 Å². The SMILES string of the molecule is CCCN(C)C(CN)c1ccc2c(c1)CCCN2C. The lowest BCUT2D eigenvalue weighted by molar-refractivity contribution is 0.250. The van der Waals surface area contributed by atoms with Gasteiger partial charge in [-0.15, -0.1) is 0 Å². The second-order valence-corrected chi connectivity index (χ2v) is 5.65. The van der Waals surface area contributed by atoms with Crippen molar-refractivity contribution in [2.45, 2.75) is 32.2 Å². The molecular formula is C16H27N3. The maximum Gasteiger partial charge on any atom is 0.0467 e. The molecule has 1 atom stereocenters. The fourth-order valence-corrected chi connectivity index (χ4v) is 3.09. The average Bonchev–Trinajstić information content (AvgIpc) is 2.40. The van der Waals surface area contributed by atoms with Gasteiger partial charge in [-0.05, 0) is 50.0 Å². The molecule has 0 fully saturated rings. The van der Waals surface area contributed by atoms with Crippen LogP contribution in [0.4, 0.5) is 5.69 Å². The van der Waals surface area contributed by atoms with Crippen molar-refractivity contribution in [2.24, 2.45) is 5.73 Å². The Hall–Kier alpha value is -1.06. The quantitative estimate of drug-likeness (QED) is 0.883. The van der Waals surface area contributed by atoms with E-state index in [-0.39, 0.29) is 0 Å². The maximum absolute atomic E-state index is 5.99. The van der Waals surface area contributed by atoms with Gasteiger partial charge in [0.1, 0.15) is 0 Å². The number of aryl methyl sites for hydroxylation is 1. The van der Waals surface area contributed by atoms with Crippen molar-refractivity contribution in [3.05, 3.63) is 29.3 Å². The van der Waals surface area contributed by atoms with Crippen LogP contribution >= 0.6 is 0 Å². The third-order valence-corrected chi connectivity index (χ3v) is 4.17. The summed E-state index contributed by atoms with van der Waals surface area (Å²) < 4.78 is 0. The Morgan fingerprint density at radius 1 is 1.42 bits per heavy atom. The van der Waals surface area contributed by atoms with Crippen LogP contribution in [-0.4, -0.2) is 38.6 Å². The number of likely N-dealkylation sites (N-methyl/N-ethyl adjacent to an activating group) is 1. The molecular weight excluding hydrogens is 234 g/mol. The number of anilines is 1. The summed E-state index contributed by atoms with van der Waals surface area (Å²) >= 11 is 0. The van der Waals surface area contributed by atoms with E-state index >= 15 is 0 Å². The molecule has 0 saturated heterocycles. The molecule has 1 unspecified atom stereocenters. The van der Waals surface area contributed by atoms with E-state index in [1.165, 1.54) is 42.6 Å². The van der Waals surface area contributed by atoms with Gasteiger partial charge in [-0.3, -0.25) is 4.90 Å². The van der Waals surface area contributed by atoms with Gasteiger partial charge in [0.25, 0.3) is 0 Å². The second kappa shape index (κ2) is 6.40. The summed E-state index contributed by atoms with van der Waals surface area (Å²) in [6, 6.07) is 7.24. The second-order valence-electron chi connectivity index (χ2n) is 5.65. The molecule has 2 rings (SSSR count). The molecule has 0 saturated carbocycles. The minimum absolute atomic E-state index is 0.345. The number of benzene rings is 1. The van der Waals surface area contributed by atoms with Gasteiger partial charge in [0.05, 0.1) is 0 Å². The Kier molecular flexibility index (Phi) is 4.83. The van der Waals surface area contributed by atoms with Crippen LogP contribution in [0.1, 0.15) is 36.9 Å². The fourth-order valence-electron chi connectivity index (χ4n) is 3.09. The zero-order valence-electron chi connectivity index (χ0n) is 12.5. The largest absolute Gasteiger partial charge is 0.374 e. The van der Waals surface area contributed by atoms with Crippen molar-refractivity contribution in [3.63, 3.8) is 0 Å². The van der Waals surface area contributed by atoms with E-state index in [1.807, 2.05) is 0 Å². The van der Waals surface area contributed by atoms with Crippen molar-refractivity contribution >= 4 is 5.69 Å². The maximum atomic E-state index is 5.99. The van der Waals surface area contributed by atoms with Crippen LogP contribution in [0, 0.1) is 0 Å². The standard InChI is InChI=1S/C16H27N3/c1-4-9-18(2)16(12-17)14-7-8-15-13(11-14)6-5-10-19(15)3/h7-8,11,16H,4-6,9-10,12,17H2,1-3H3. The molecule has 106 valence electrons. The Morgan fingerprint density at radius 3 is 2.89 bits per heavy atom. The van der Waals surface area contributed by atoms with E-state index in [1.54, 1.807) is 0 Å². The zero-order chi connectivity index (χ0) is 13.8. The predicted molar refractivity (Wildman–Crippen MR) is 82.7 cm³/mol. The first-order chi connectivity index (χ1) is 9.17. The highest BCUT2D eigenvalue weighted by molar-refractivity contribution is 5.56. The van der Waals surface area contributed by atoms with Gasteiger partial charge in [-0.2, -0.15) is 0 Å². The number of nitrogens with two attached hydrogens (primary N) is 1. The average molecular weight is 261 g/mol. The Morgan fingerprint density at radius 2 is 2.21 bits per heavy atom. The van der Waals surface area contributed by atoms with Crippen molar-refractivity contribution in [3.8, 4) is 0 Å². The third-order valence-electron chi connectivity index (χ3n) is 4.17. The number of hydrogen-bond donors (Lipinski definition) is 1. The van der Waals surface area contributed by atoms with Crippen LogP contribution in [0.5, 0.6) is 0 Å². The van der Waals surface area contributed by atoms with Crippen molar-refractivity contribution < 1.29 is 0 Å². The number of nitrogens with zero attached hydrogens (tertiary/aromatic N) is 2. The van der Waals surface area contributed by atoms with Crippen LogP contribution in [0.2, 0.25) is 0 Å². The lowest BCUT2D eigenvalue weighted by Crippen LogP contribution is -2.31. The van der Waals surface area contributed by atoms with Crippen LogP contribution in [0.25, 0.3) is 0 Å². The Labute approximate surface area is 117 Å². The van der Waals surface area contributed by atoms with E-state index in [9.17, 15) is 0 Å². The Balaban J connectivity index is 2.24. The minimum atomic E-state index is 0.345. The molecule has 1 heterocycles. The molecule has 0 bridgehead atoms. The molecule has 1 aliphatic heterocycles. The molecule has 3 nitrogen and oxygen atoms in total. The van der Waals surface area contributed by atoms with Gasteiger partial charge in [-0.1, -0.05) is 19.1 Å². The van der Waals surface area contributed by atoms with Crippen molar-refractivity contribution in [1.29, 1.82) is 0 Å². The smallest absolute Gasteiger partial charge is 0.0467 e. The third kappa shape index (κ3) is 3.10. The van der Waals surface area contributed by atoms with E-state index in [0.717, 1.165) is 6.54 Å². The van der Waals surface area contributed by atoms with Gasteiger partial charge in [0, 0.05) is 31.9 Å². The van der Waals surface area contributed by atoms with Crippen LogP contribution in [0.3, 0.4) is 0 Å². The molecule has 19 heavy (non-hydrogen) atoms. The monoisotopic (exact) mass is 261 g/mol. The Bertz CT molecular complexity index is 416. The fraction of sp³-hybridized carbons (Fsp3) is 0.625. The molecule has 2 N–H and O–H groups in total. The van der Waals surface area contributed by atoms with Gasteiger partial charge < -0.3 is 10.6 Å². The van der Waals surface area contributed by atoms with E-state index in [4.69, 9.17) is 5.73 Å². The lowest BCUT2D eigenvalue weighted by atomic mass is 9.96. The summed E-state index contributed by atoms with van der Waals surface area (Å²) in [7, 11) is 4.36. The molecule has 0 aliphatic carbocycles. The predicted octanol–water partition coefficient (Wildman–Crippen LogP) is 2.41. The van der Waals surface area contributed by atoms with Crippen molar-refractivity contribution in [1.82, 2.24) is 4.90 Å². The number of hydrogen-bond acceptors (Lipinski definition) is 3. The summed E-state index contributed by atoms with van der Waals surface area (Å²) in [5.41, 5.74) is 10.2. The lowest BCUT2D eigenvalue weighted by Gasteiger charge is -2.31. The van der Waals surface area contributed by atoms with Gasteiger partial charge >= 0.3 is 0 Å². The highest BCUT2D eigenvalue weighted by Gasteiger charge is 2.19. The first-order valence-electron chi connectivity index (χ1n) is 7.41. The summed E-state index contributed by atoms with van der Waals surface area (Å²) in [4.78, 5) is 4.73. The first kappa shape index (κ1) is 14.4. The van der Waals surface area contributed by atoms with E-state index in [0.29, 0.717) is 12.6 Å². The van der Waals surface area contributed by atoms with Gasteiger partial charge in [0.15, 0.2) is 0 Å². The molecule has 0 amide bonds. The molecule has 1 aromatic rings. The zero-order valence-corrected chi connectivity index (χ0v) is 12.5. The normalized spacial score (nSPS) is 16.6. The number of fused-ring (bicyclic) bond motifs is 1. The van der Waals surface area contributed by atoms with E-state index in [2.05, 4.69) is 49.0 Å². The van der Waals surface area contributed by atoms with Gasteiger partial charge in [-0.25, -0.2) is 0 Å². The highest BCUT2D eigenvalue weighted by Crippen LogP contribution is 2.30. The molecule has 0 aromatic heterocycles. The molecule has 0 radical (unpaired) electrons. The molecule has 1 aliphatic rings. The molecule has 3 heteroatoms. The van der Waals surface area contributed by atoms with E-state index < -0.39 is 0 Å². The van der Waals surface area contributed by atoms with Gasteiger partial charge in [0.2, 0.25) is 0 Å². The van der Waals surface area contributed by atoms with Crippen LogP contribution in [0.15, 0.2) is 18.2 Å². The van der Waals surface area contributed by atoms with Crippen molar-refractivity contribution in [2.75, 3.05) is 38.6 Å². The number of rotatable bonds is 5. The van der Waals surface area contributed by atoms with Crippen LogP contribution < -0.4 is 10.6 Å². The summed E-state index contributed by atoms with van der Waals surface area (Å²) in [5, 5.41) is 0. The summed E-state index contributed by atoms with van der Waals surface area (Å²) in [6.07, 6.45) is 3.62. The van der Waals surface area contributed by atoms with Crippen LogP contribution in [-0.2, 0) is 6.42 Å². The minimum Gasteiger partial charge on any atom is -0.374 e. The molecule has 1 aromatic carbocycles. The summed E-state index contributed by atoms with van der Waals surface area (Å²) in [5.74, 6) is 0.